The van der Waals surface area contributed by atoms with Crippen molar-refractivity contribution in [1.82, 2.24) is 4.98 Å². The van der Waals surface area contributed by atoms with Crippen LogP contribution in [0.5, 0.6) is 0 Å². The van der Waals surface area contributed by atoms with E-state index >= 15 is 0 Å². The highest BCUT2D eigenvalue weighted by Gasteiger charge is 2.05. The molecular formula is C18H26N2. The number of hydrogen-bond donors (Lipinski definition) is 1. The van der Waals surface area contributed by atoms with Crippen molar-refractivity contribution in [1.29, 1.82) is 0 Å². The zero-order valence-electron chi connectivity index (χ0n) is 12.7. The monoisotopic (exact) mass is 270 g/mol. The highest BCUT2D eigenvalue weighted by atomic mass is 14.9. The average Bonchev–Trinajstić information content (AvgIpc) is 2.47. The molecule has 0 aliphatic carbocycles. The van der Waals surface area contributed by atoms with Crippen LogP contribution in [0.1, 0.15) is 52.4 Å². The molecule has 0 aliphatic rings. The predicted molar refractivity (Wildman–Crippen MR) is 88.2 cm³/mol. The summed E-state index contributed by atoms with van der Waals surface area (Å²) in [5, 5.41) is 4.85. The van der Waals surface area contributed by atoms with Crippen LogP contribution in [-0.4, -0.2) is 11.0 Å². The minimum Gasteiger partial charge on any atom is -0.382 e. The van der Waals surface area contributed by atoms with E-state index in [2.05, 4.69) is 48.4 Å². The van der Waals surface area contributed by atoms with Crippen molar-refractivity contribution in [3.8, 4) is 0 Å². The Morgan fingerprint density at radius 1 is 1.05 bits per heavy atom. The highest BCUT2D eigenvalue weighted by molar-refractivity contribution is 5.91. The fourth-order valence-electron chi connectivity index (χ4n) is 2.62. The van der Waals surface area contributed by atoms with Crippen molar-refractivity contribution >= 4 is 16.6 Å². The topological polar surface area (TPSA) is 24.9 Å². The molecule has 2 aromatic rings. The van der Waals surface area contributed by atoms with E-state index in [0.717, 1.165) is 5.52 Å². The van der Waals surface area contributed by atoms with Gasteiger partial charge in [0.2, 0.25) is 0 Å². The van der Waals surface area contributed by atoms with E-state index < -0.39 is 0 Å². The second-order valence-electron chi connectivity index (χ2n) is 5.62. The number of hydrogen-bond acceptors (Lipinski definition) is 2. The summed E-state index contributed by atoms with van der Waals surface area (Å²) in [6.45, 7) is 4.54. The van der Waals surface area contributed by atoms with Crippen LogP contribution in [0.4, 0.5) is 5.69 Å². The summed E-state index contributed by atoms with van der Waals surface area (Å²) < 4.78 is 0. The quantitative estimate of drug-likeness (QED) is 0.650. The lowest BCUT2D eigenvalue weighted by Gasteiger charge is -2.16. The van der Waals surface area contributed by atoms with Crippen LogP contribution in [0, 0.1) is 0 Å². The van der Waals surface area contributed by atoms with Gasteiger partial charge in [0, 0.05) is 23.3 Å². The number of anilines is 1. The van der Waals surface area contributed by atoms with Gasteiger partial charge in [0.1, 0.15) is 0 Å². The molecule has 1 aromatic carbocycles. The van der Waals surface area contributed by atoms with Gasteiger partial charge in [-0.2, -0.15) is 0 Å². The smallest absolute Gasteiger partial charge is 0.0722 e. The third-order valence-corrected chi connectivity index (χ3v) is 3.79. The number of benzene rings is 1. The molecule has 1 N–H and O–H groups in total. The summed E-state index contributed by atoms with van der Waals surface area (Å²) in [6.07, 6.45) is 9.83. The molecule has 20 heavy (non-hydrogen) atoms. The van der Waals surface area contributed by atoms with Crippen LogP contribution in [0.25, 0.3) is 10.9 Å². The van der Waals surface area contributed by atoms with Gasteiger partial charge in [-0.25, -0.2) is 0 Å². The van der Waals surface area contributed by atoms with Gasteiger partial charge in [-0.05, 0) is 37.6 Å². The van der Waals surface area contributed by atoms with Gasteiger partial charge in [-0.1, -0.05) is 45.1 Å². The SMILES string of the molecule is CCCCCCCC(C)Nc1cccc2ncccc12. The Labute approximate surface area is 122 Å². The second kappa shape index (κ2) is 7.88. The van der Waals surface area contributed by atoms with E-state index in [0.29, 0.717) is 6.04 Å². The van der Waals surface area contributed by atoms with E-state index in [1.807, 2.05) is 12.3 Å². The van der Waals surface area contributed by atoms with E-state index in [1.54, 1.807) is 0 Å². The summed E-state index contributed by atoms with van der Waals surface area (Å²) in [5.41, 5.74) is 2.27. The largest absolute Gasteiger partial charge is 0.382 e. The first-order valence-electron chi connectivity index (χ1n) is 7.91. The third kappa shape index (κ3) is 4.22. The predicted octanol–water partition coefficient (Wildman–Crippen LogP) is 5.40. The summed E-state index contributed by atoms with van der Waals surface area (Å²) in [6, 6.07) is 10.9. The van der Waals surface area contributed by atoms with Gasteiger partial charge in [-0.15, -0.1) is 0 Å². The minimum atomic E-state index is 0.516. The van der Waals surface area contributed by atoms with Gasteiger partial charge in [0.25, 0.3) is 0 Å². The Balaban J connectivity index is 1.88. The first-order valence-corrected chi connectivity index (χ1v) is 7.91. The maximum Gasteiger partial charge on any atom is 0.0722 e. The number of nitrogens with zero attached hydrogens (tertiary/aromatic N) is 1. The van der Waals surface area contributed by atoms with Crippen molar-refractivity contribution < 1.29 is 0 Å². The van der Waals surface area contributed by atoms with E-state index in [9.17, 15) is 0 Å². The number of nitrogens with one attached hydrogen (secondary N) is 1. The average molecular weight is 270 g/mol. The van der Waals surface area contributed by atoms with Crippen molar-refractivity contribution in [3.63, 3.8) is 0 Å². The van der Waals surface area contributed by atoms with Gasteiger partial charge in [0.15, 0.2) is 0 Å². The van der Waals surface area contributed by atoms with Crippen molar-refractivity contribution in [2.45, 2.75) is 58.4 Å². The molecule has 0 spiro atoms. The Morgan fingerprint density at radius 3 is 2.75 bits per heavy atom. The van der Waals surface area contributed by atoms with Crippen molar-refractivity contribution in [2.75, 3.05) is 5.32 Å². The van der Waals surface area contributed by atoms with Gasteiger partial charge >= 0.3 is 0 Å². The highest BCUT2D eigenvalue weighted by Crippen LogP contribution is 2.22. The minimum absolute atomic E-state index is 0.516. The van der Waals surface area contributed by atoms with Gasteiger partial charge in [-0.3, -0.25) is 4.98 Å². The molecule has 2 nitrogen and oxygen atoms in total. The zero-order chi connectivity index (χ0) is 14.2. The van der Waals surface area contributed by atoms with E-state index in [4.69, 9.17) is 0 Å². The third-order valence-electron chi connectivity index (χ3n) is 3.79. The molecule has 1 heterocycles. The Bertz CT molecular complexity index is 516. The lowest BCUT2D eigenvalue weighted by atomic mass is 10.1. The lowest BCUT2D eigenvalue weighted by molar-refractivity contribution is 0.579. The number of pyridine rings is 1. The summed E-state index contributed by atoms with van der Waals surface area (Å²) in [4.78, 5) is 4.41. The molecule has 0 saturated heterocycles. The summed E-state index contributed by atoms with van der Waals surface area (Å²) in [7, 11) is 0. The normalized spacial score (nSPS) is 12.5. The molecule has 0 aliphatic heterocycles. The summed E-state index contributed by atoms with van der Waals surface area (Å²) in [5.74, 6) is 0. The van der Waals surface area contributed by atoms with Crippen LogP contribution < -0.4 is 5.32 Å². The Kier molecular flexibility index (Phi) is 5.85. The molecule has 0 bridgehead atoms. The summed E-state index contributed by atoms with van der Waals surface area (Å²) >= 11 is 0. The van der Waals surface area contributed by atoms with E-state index in [1.165, 1.54) is 49.6 Å². The fourth-order valence-corrected chi connectivity index (χ4v) is 2.62. The maximum atomic E-state index is 4.41. The maximum absolute atomic E-state index is 4.41. The number of aromatic nitrogens is 1. The second-order valence-corrected chi connectivity index (χ2v) is 5.62. The molecule has 2 heteroatoms. The molecule has 1 atom stereocenters. The molecule has 1 aromatic heterocycles. The van der Waals surface area contributed by atoms with Crippen molar-refractivity contribution in [2.24, 2.45) is 0 Å². The molecule has 2 rings (SSSR count). The molecule has 0 saturated carbocycles. The molecular weight excluding hydrogens is 244 g/mol. The first-order chi connectivity index (χ1) is 9.81. The van der Waals surface area contributed by atoms with Gasteiger partial charge in [0.05, 0.1) is 5.52 Å². The standard InChI is InChI=1S/C18H26N2/c1-3-4-5-6-7-10-15(2)20-18-13-8-12-17-16(18)11-9-14-19-17/h8-9,11-15,20H,3-7,10H2,1-2H3. The number of rotatable bonds is 8. The molecule has 108 valence electrons. The first kappa shape index (κ1) is 14.8. The van der Waals surface area contributed by atoms with Crippen LogP contribution in [-0.2, 0) is 0 Å². The van der Waals surface area contributed by atoms with Crippen LogP contribution in [0.3, 0.4) is 0 Å². The molecule has 0 radical (unpaired) electrons. The molecule has 0 fully saturated rings. The fraction of sp³-hybridized carbons (Fsp3) is 0.500. The zero-order valence-corrected chi connectivity index (χ0v) is 12.7. The van der Waals surface area contributed by atoms with Gasteiger partial charge < -0.3 is 5.32 Å². The number of fused-ring (bicyclic) bond motifs is 1. The van der Waals surface area contributed by atoms with Crippen LogP contribution in [0.2, 0.25) is 0 Å². The van der Waals surface area contributed by atoms with Crippen molar-refractivity contribution in [3.05, 3.63) is 36.5 Å². The molecule has 1 unspecified atom stereocenters. The Morgan fingerprint density at radius 2 is 1.90 bits per heavy atom. The lowest BCUT2D eigenvalue weighted by Crippen LogP contribution is -2.15. The molecule has 0 amide bonds. The van der Waals surface area contributed by atoms with Crippen LogP contribution in [0.15, 0.2) is 36.5 Å². The van der Waals surface area contributed by atoms with E-state index in [-0.39, 0.29) is 0 Å². The Hall–Kier alpha value is -1.57. The van der Waals surface area contributed by atoms with Crippen LogP contribution >= 0.6 is 0 Å². The number of unbranched alkanes of at least 4 members (excludes halogenated alkanes) is 4.